The minimum absolute atomic E-state index is 0.219. The summed E-state index contributed by atoms with van der Waals surface area (Å²) in [6, 6.07) is 28.6. The van der Waals surface area contributed by atoms with Crippen molar-refractivity contribution in [3.63, 3.8) is 0 Å². The third-order valence-corrected chi connectivity index (χ3v) is 7.57. The van der Waals surface area contributed by atoms with Crippen molar-refractivity contribution in [2.24, 2.45) is 11.8 Å². The van der Waals surface area contributed by atoms with Gasteiger partial charge < -0.3 is 15.2 Å². The van der Waals surface area contributed by atoms with Crippen molar-refractivity contribution in [3.8, 4) is 17.2 Å². The third kappa shape index (κ3) is 6.15. The number of carbonyl (C=O) groups is 1. The van der Waals surface area contributed by atoms with Gasteiger partial charge in [0.25, 0.3) is 0 Å². The SMILES string of the molecule is CC(C)C[C@H](O[C@H](c1ccccc1)c1ccc(-c2ccc(C(O)C3CC3)cc2)cc1)C(=O)NC1(C#N)CC1. The Kier molecular flexibility index (Phi) is 7.65. The number of rotatable bonds is 11. The fraction of sp³-hybridized carbons (Fsp3) is 0.394. The van der Waals surface area contributed by atoms with Crippen LogP contribution in [-0.2, 0) is 9.53 Å². The number of carbonyl (C=O) groups excluding carboxylic acids is 1. The minimum Gasteiger partial charge on any atom is -0.388 e. The zero-order valence-electron chi connectivity index (χ0n) is 22.1. The summed E-state index contributed by atoms with van der Waals surface area (Å²) in [5.41, 5.74) is 4.34. The molecule has 1 unspecified atom stereocenters. The molecule has 2 N–H and O–H groups in total. The van der Waals surface area contributed by atoms with E-state index in [0.29, 0.717) is 25.2 Å². The number of hydrogen-bond acceptors (Lipinski definition) is 4. The molecule has 0 radical (unpaired) electrons. The number of ether oxygens (including phenoxy) is 1. The molecule has 3 atom stereocenters. The van der Waals surface area contributed by atoms with Crippen LogP contribution in [0.5, 0.6) is 0 Å². The van der Waals surface area contributed by atoms with E-state index < -0.39 is 17.7 Å². The molecule has 3 aromatic carbocycles. The lowest BCUT2D eigenvalue weighted by molar-refractivity contribution is -0.137. The van der Waals surface area contributed by atoms with Crippen molar-refractivity contribution < 1.29 is 14.6 Å². The van der Waals surface area contributed by atoms with E-state index in [0.717, 1.165) is 40.7 Å². The second-order valence-electron chi connectivity index (χ2n) is 11.3. The van der Waals surface area contributed by atoms with Gasteiger partial charge in [-0.1, -0.05) is 92.7 Å². The first kappa shape index (κ1) is 26.2. The molecule has 0 aromatic heterocycles. The van der Waals surface area contributed by atoms with Crippen molar-refractivity contribution in [2.75, 3.05) is 0 Å². The van der Waals surface area contributed by atoms with Crippen LogP contribution < -0.4 is 5.32 Å². The summed E-state index contributed by atoms with van der Waals surface area (Å²) < 4.78 is 6.58. The van der Waals surface area contributed by atoms with E-state index in [1.54, 1.807) is 0 Å². The number of aliphatic hydroxyl groups excluding tert-OH is 1. The Balaban J connectivity index is 1.38. The highest BCUT2D eigenvalue weighted by molar-refractivity contribution is 5.82. The Morgan fingerprint density at radius 2 is 1.50 bits per heavy atom. The first-order valence-electron chi connectivity index (χ1n) is 13.7. The van der Waals surface area contributed by atoms with Gasteiger partial charge in [-0.05, 0) is 71.8 Å². The first-order chi connectivity index (χ1) is 18.4. The molecule has 196 valence electrons. The van der Waals surface area contributed by atoms with E-state index in [1.165, 1.54) is 0 Å². The summed E-state index contributed by atoms with van der Waals surface area (Å²) in [5.74, 6) is 0.443. The minimum atomic E-state index is -0.732. The van der Waals surface area contributed by atoms with Crippen LogP contribution in [-0.4, -0.2) is 22.7 Å². The Hall–Kier alpha value is -3.46. The lowest BCUT2D eigenvalue weighted by Crippen LogP contribution is -2.44. The van der Waals surface area contributed by atoms with Gasteiger partial charge in [-0.15, -0.1) is 0 Å². The fourth-order valence-electron chi connectivity index (χ4n) is 4.91. The maximum atomic E-state index is 13.2. The van der Waals surface area contributed by atoms with E-state index in [2.05, 4.69) is 61.6 Å². The molecule has 5 rings (SSSR count). The number of hydrogen-bond donors (Lipinski definition) is 2. The van der Waals surface area contributed by atoms with E-state index >= 15 is 0 Å². The second-order valence-corrected chi connectivity index (χ2v) is 11.3. The zero-order valence-corrected chi connectivity index (χ0v) is 22.1. The number of amides is 1. The molecule has 0 spiro atoms. The van der Waals surface area contributed by atoms with Crippen molar-refractivity contribution in [2.45, 2.75) is 69.8 Å². The molecule has 0 saturated heterocycles. The normalized spacial score (nSPS) is 18.3. The first-order valence-corrected chi connectivity index (χ1v) is 13.7. The van der Waals surface area contributed by atoms with Crippen LogP contribution in [0.4, 0.5) is 0 Å². The largest absolute Gasteiger partial charge is 0.388 e. The molecule has 5 nitrogen and oxygen atoms in total. The van der Waals surface area contributed by atoms with Crippen molar-refractivity contribution in [1.82, 2.24) is 5.32 Å². The van der Waals surface area contributed by atoms with E-state index in [4.69, 9.17) is 4.74 Å². The van der Waals surface area contributed by atoms with Crippen LogP contribution in [0.1, 0.15) is 74.8 Å². The molecule has 38 heavy (non-hydrogen) atoms. The highest BCUT2D eigenvalue weighted by atomic mass is 16.5. The topological polar surface area (TPSA) is 82.3 Å². The van der Waals surface area contributed by atoms with Crippen molar-refractivity contribution >= 4 is 5.91 Å². The van der Waals surface area contributed by atoms with Gasteiger partial charge in [-0.3, -0.25) is 4.79 Å². The van der Waals surface area contributed by atoms with Crippen LogP contribution in [0, 0.1) is 23.2 Å². The number of aliphatic hydroxyl groups is 1. The molecule has 2 fully saturated rings. The van der Waals surface area contributed by atoms with Gasteiger partial charge in [0.15, 0.2) is 0 Å². The molecule has 1 amide bonds. The molecule has 2 aliphatic rings. The van der Waals surface area contributed by atoms with Gasteiger partial charge in [0.1, 0.15) is 17.7 Å². The monoisotopic (exact) mass is 508 g/mol. The summed E-state index contributed by atoms with van der Waals surface area (Å²) in [5, 5.41) is 22.8. The third-order valence-electron chi connectivity index (χ3n) is 7.57. The summed E-state index contributed by atoms with van der Waals surface area (Å²) in [6.45, 7) is 4.14. The van der Waals surface area contributed by atoms with Crippen LogP contribution in [0.2, 0.25) is 0 Å². The van der Waals surface area contributed by atoms with Crippen LogP contribution in [0.25, 0.3) is 11.1 Å². The molecule has 0 bridgehead atoms. The van der Waals surface area contributed by atoms with Gasteiger partial charge >= 0.3 is 0 Å². The van der Waals surface area contributed by atoms with Crippen LogP contribution in [0.3, 0.4) is 0 Å². The fourth-order valence-corrected chi connectivity index (χ4v) is 4.91. The van der Waals surface area contributed by atoms with Crippen molar-refractivity contribution in [3.05, 3.63) is 95.6 Å². The maximum absolute atomic E-state index is 13.2. The summed E-state index contributed by atoms with van der Waals surface area (Å²) in [6.07, 6.45) is 2.69. The van der Waals surface area contributed by atoms with Gasteiger partial charge in [0.05, 0.1) is 12.2 Å². The highest BCUT2D eigenvalue weighted by Gasteiger charge is 2.46. The quantitative estimate of drug-likeness (QED) is 0.310. The molecule has 0 aliphatic heterocycles. The highest BCUT2D eigenvalue weighted by Crippen LogP contribution is 2.41. The number of nitrogens with one attached hydrogen (secondary N) is 1. The number of nitriles is 1. The van der Waals surface area contributed by atoms with E-state index in [9.17, 15) is 15.2 Å². The Bertz CT molecular complexity index is 1270. The van der Waals surface area contributed by atoms with Crippen molar-refractivity contribution in [1.29, 1.82) is 5.26 Å². The van der Waals surface area contributed by atoms with Crippen LogP contribution in [0.15, 0.2) is 78.9 Å². The standard InChI is InChI=1S/C33H36N2O3/c1-22(2)20-29(32(37)35-33(21-34)18-19-33)38-31(27-6-4-3-5-7-27)28-16-10-24(11-17-28)23-8-12-25(13-9-23)30(36)26-14-15-26/h3-13,16-17,22,26,29-31,36H,14-15,18-20H2,1-2H3,(H,35,37)/t29-,30?,31+/m0/s1. The average molecular weight is 509 g/mol. The molecular formula is C33H36N2O3. The second kappa shape index (κ2) is 11.1. The van der Waals surface area contributed by atoms with Gasteiger partial charge in [-0.2, -0.15) is 5.26 Å². The van der Waals surface area contributed by atoms with Gasteiger partial charge in [-0.25, -0.2) is 0 Å². The number of benzene rings is 3. The average Bonchev–Trinajstić information content (AvgIpc) is 3.87. The molecule has 5 heteroatoms. The summed E-state index contributed by atoms with van der Waals surface area (Å²) in [4.78, 5) is 13.2. The molecule has 2 saturated carbocycles. The zero-order chi connectivity index (χ0) is 26.7. The van der Waals surface area contributed by atoms with E-state index in [1.807, 2.05) is 42.5 Å². The van der Waals surface area contributed by atoms with E-state index in [-0.39, 0.29) is 17.9 Å². The summed E-state index contributed by atoms with van der Waals surface area (Å²) in [7, 11) is 0. The van der Waals surface area contributed by atoms with Crippen LogP contribution >= 0.6 is 0 Å². The Labute approximate surface area is 225 Å². The molecule has 3 aromatic rings. The lowest BCUT2D eigenvalue weighted by Gasteiger charge is -2.27. The van der Waals surface area contributed by atoms with Gasteiger partial charge in [0, 0.05) is 0 Å². The predicted molar refractivity (Wildman–Crippen MR) is 148 cm³/mol. The molecule has 0 heterocycles. The van der Waals surface area contributed by atoms with Gasteiger partial charge in [0.2, 0.25) is 5.91 Å². The smallest absolute Gasteiger partial charge is 0.250 e. The maximum Gasteiger partial charge on any atom is 0.250 e. The Morgan fingerprint density at radius 1 is 0.947 bits per heavy atom. The number of nitrogens with zero attached hydrogens (tertiary/aromatic N) is 1. The Morgan fingerprint density at radius 3 is 2.00 bits per heavy atom. The molecular weight excluding hydrogens is 472 g/mol. The molecule has 2 aliphatic carbocycles. The lowest BCUT2D eigenvalue weighted by atomic mass is 9.96. The predicted octanol–water partition coefficient (Wildman–Crippen LogP) is 6.49. The summed E-state index contributed by atoms with van der Waals surface area (Å²) >= 11 is 0.